The molecule has 176 valence electrons. The van der Waals surface area contributed by atoms with Crippen LogP contribution in [0.15, 0.2) is 42.6 Å². The molecule has 2 heterocycles. The topological polar surface area (TPSA) is 83.6 Å². The minimum absolute atomic E-state index is 0.0507. The van der Waals surface area contributed by atoms with Gasteiger partial charge in [-0.3, -0.25) is 9.78 Å². The number of alkyl halides is 3. The van der Waals surface area contributed by atoms with Crippen molar-refractivity contribution in [3.8, 4) is 0 Å². The highest BCUT2D eigenvalue weighted by molar-refractivity contribution is 5.86. The Labute approximate surface area is 189 Å². The second-order valence-electron chi connectivity index (χ2n) is 8.92. The third kappa shape index (κ3) is 4.34. The van der Waals surface area contributed by atoms with Crippen LogP contribution >= 0.6 is 0 Å². The van der Waals surface area contributed by atoms with E-state index in [1.54, 1.807) is 0 Å². The number of hydrogen-bond acceptors (Lipinski definition) is 5. The van der Waals surface area contributed by atoms with Crippen molar-refractivity contribution in [2.45, 2.75) is 50.0 Å². The average molecular weight is 462 g/mol. The van der Waals surface area contributed by atoms with Crippen molar-refractivity contribution < 1.29 is 27.5 Å². The number of pyridine rings is 1. The third-order valence-electron chi connectivity index (χ3n) is 6.42. The Balaban J connectivity index is 1.52. The number of aromatic nitrogens is 1. The summed E-state index contributed by atoms with van der Waals surface area (Å²) in [6.45, 7) is 4.08. The molecule has 1 aliphatic heterocycles. The van der Waals surface area contributed by atoms with Crippen molar-refractivity contribution in [3.05, 3.63) is 59.4 Å². The lowest BCUT2D eigenvalue weighted by Gasteiger charge is -2.31. The minimum Gasteiger partial charge on any atom is -0.434 e. The van der Waals surface area contributed by atoms with Crippen LogP contribution in [0.5, 0.6) is 0 Å². The molecule has 1 fully saturated rings. The van der Waals surface area contributed by atoms with Gasteiger partial charge in [-0.15, -0.1) is 0 Å². The number of anilines is 1. The van der Waals surface area contributed by atoms with Gasteiger partial charge < -0.3 is 20.3 Å². The average Bonchev–Trinajstić information content (AvgIpc) is 3.29. The molecule has 2 N–H and O–H groups in total. The minimum atomic E-state index is -4.77. The van der Waals surface area contributed by atoms with E-state index in [0.29, 0.717) is 10.6 Å². The van der Waals surface area contributed by atoms with E-state index in [2.05, 4.69) is 41.6 Å². The van der Waals surface area contributed by atoms with Gasteiger partial charge in [-0.05, 0) is 29.7 Å². The maximum absolute atomic E-state index is 13.9. The zero-order valence-electron chi connectivity index (χ0n) is 18.4. The summed E-state index contributed by atoms with van der Waals surface area (Å²) in [5.41, 5.74) is 2.59. The summed E-state index contributed by atoms with van der Waals surface area (Å²) in [5, 5.41) is 5.66. The fourth-order valence-electron chi connectivity index (χ4n) is 4.54. The Hall–Kier alpha value is -3.30. The first-order valence-electron chi connectivity index (χ1n) is 10.6. The number of amides is 2. The molecule has 33 heavy (non-hydrogen) atoms. The maximum atomic E-state index is 13.9. The zero-order chi connectivity index (χ0) is 24.0. The summed E-state index contributed by atoms with van der Waals surface area (Å²) in [5.74, 6) is -0.954. The number of benzene rings is 1. The number of likely N-dealkylation sites (N-methyl/N-ethyl adjacent to an activating group) is 1. The van der Waals surface area contributed by atoms with Gasteiger partial charge in [-0.25, -0.2) is 4.79 Å². The fraction of sp³-hybridized carbons (Fsp3) is 0.435. The highest BCUT2D eigenvalue weighted by Gasteiger charge is 2.48. The van der Waals surface area contributed by atoms with E-state index < -0.39 is 30.3 Å². The molecule has 3 atom stereocenters. The van der Waals surface area contributed by atoms with Crippen LogP contribution in [0.4, 0.5) is 23.7 Å². The van der Waals surface area contributed by atoms with Crippen molar-refractivity contribution in [2.75, 3.05) is 18.9 Å². The van der Waals surface area contributed by atoms with Crippen molar-refractivity contribution in [2.24, 2.45) is 0 Å². The quantitative estimate of drug-likeness (QED) is 0.710. The van der Waals surface area contributed by atoms with Crippen molar-refractivity contribution in [3.63, 3.8) is 0 Å². The Morgan fingerprint density at radius 1 is 1.27 bits per heavy atom. The molecule has 1 saturated heterocycles. The van der Waals surface area contributed by atoms with Gasteiger partial charge >= 0.3 is 12.3 Å². The van der Waals surface area contributed by atoms with Crippen LogP contribution < -0.4 is 10.6 Å². The molecule has 1 aliphatic carbocycles. The van der Waals surface area contributed by atoms with Gasteiger partial charge in [0.1, 0.15) is 0 Å². The molecule has 1 aromatic heterocycles. The molecule has 2 amide bonds. The Kier molecular flexibility index (Phi) is 5.71. The SMILES string of the molecule is CN(C(=O)C1CNC(=O)O1)[C@@H](c1ccc(NC2Cc3ccccc3C2(C)C)cn1)C(F)(F)F. The first-order valence-corrected chi connectivity index (χ1v) is 10.6. The van der Waals surface area contributed by atoms with Gasteiger partial charge in [-0.1, -0.05) is 38.1 Å². The first-order chi connectivity index (χ1) is 15.5. The van der Waals surface area contributed by atoms with Crippen LogP contribution in [-0.4, -0.2) is 53.8 Å². The van der Waals surface area contributed by atoms with E-state index in [1.807, 2.05) is 12.1 Å². The maximum Gasteiger partial charge on any atom is 0.414 e. The normalized spacial score (nSPS) is 22.2. The third-order valence-corrected chi connectivity index (χ3v) is 6.42. The molecule has 0 spiro atoms. The molecule has 2 aromatic rings. The Bertz CT molecular complexity index is 1060. The number of cyclic esters (lactones) is 1. The van der Waals surface area contributed by atoms with Crippen LogP contribution in [0.25, 0.3) is 0 Å². The summed E-state index contributed by atoms with van der Waals surface area (Å²) in [4.78, 5) is 28.2. The van der Waals surface area contributed by atoms with Crippen molar-refractivity contribution in [1.29, 1.82) is 0 Å². The van der Waals surface area contributed by atoms with E-state index >= 15 is 0 Å². The second-order valence-corrected chi connectivity index (χ2v) is 8.92. The van der Waals surface area contributed by atoms with Crippen molar-refractivity contribution >= 4 is 17.7 Å². The van der Waals surface area contributed by atoms with Gasteiger partial charge in [0.15, 0.2) is 12.1 Å². The number of hydrogen-bond donors (Lipinski definition) is 2. The van der Waals surface area contributed by atoms with Gasteiger partial charge in [0, 0.05) is 18.5 Å². The fourth-order valence-corrected chi connectivity index (χ4v) is 4.54. The molecule has 2 aliphatic rings. The van der Waals surface area contributed by atoms with Crippen LogP contribution in [0.3, 0.4) is 0 Å². The lowest BCUT2D eigenvalue weighted by atomic mass is 9.83. The molecular weight excluding hydrogens is 437 g/mol. The molecule has 10 heteroatoms. The summed E-state index contributed by atoms with van der Waals surface area (Å²) in [6.07, 6.45) is -4.77. The molecule has 0 radical (unpaired) electrons. The molecular formula is C23H25F3N4O3. The van der Waals surface area contributed by atoms with E-state index in [-0.39, 0.29) is 23.7 Å². The largest absolute Gasteiger partial charge is 0.434 e. The van der Waals surface area contributed by atoms with E-state index in [1.165, 1.54) is 29.5 Å². The highest BCUT2D eigenvalue weighted by atomic mass is 19.4. The highest BCUT2D eigenvalue weighted by Crippen LogP contribution is 2.40. The standard InChI is InChI=1S/C23H25F3N4O3/c1-22(2)15-7-5-4-6-13(15)10-18(22)29-14-8-9-16(27-11-14)19(23(24,25)26)30(3)20(31)17-12-28-21(32)33-17/h4-9,11,17-19,29H,10,12H2,1-3H3,(H,28,32)/t17?,18?,19-/m0/s1. The smallest absolute Gasteiger partial charge is 0.414 e. The number of carbonyl (C=O) groups excluding carboxylic acids is 2. The van der Waals surface area contributed by atoms with Gasteiger partial charge in [0.25, 0.3) is 5.91 Å². The zero-order valence-corrected chi connectivity index (χ0v) is 18.4. The van der Waals surface area contributed by atoms with E-state index in [4.69, 9.17) is 4.74 Å². The van der Waals surface area contributed by atoms with Crippen LogP contribution in [0, 0.1) is 0 Å². The first kappa shape index (κ1) is 22.9. The summed E-state index contributed by atoms with van der Waals surface area (Å²) in [7, 11) is 1.03. The lowest BCUT2D eigenvalue weighted by molar-refractivity contribution is -0.192. The predicted octanol–water partition coefficient (Wildman–Crippen LogP) is 3.57. The monoisotopic (exact) mass is 462 g/mol. The molecule has 2 unspecified atom stereocenters. The summed E-state index contributed by atoms with van der Waals surface area (Å²) >= 11 is 0. The van der Waals surface area contributed by atoms with Crippen LogP contribution in [0.1, 0.15) is 36.7 Å². The number of nitrogens with zero attached hydrogens (tertiary/aromatic N) is 2. The van der Waals surface area contributed by atoms with Crippen LogP contribution in [0.2, 0.25) is 0 Å². The van der Waals surface area contributed by atoms with Gasteiger partial charge in [0.05, 0.1) is 24.1 Å². The molecule has 7 nitrogen and oxygen atoms in total. The number of halogens is 3. The number of alkyl carbamates (subject to hydrolysis) is 1. The molecule has 1 aromatic carbocycles. The Morgan fingerprint density at radius 2 is 2.00 bits per heavy atom. The molecule has 0 bridgehead atoms. The van der Waals surface area contributed by atoms with Gasteiger partial charge in [0.2, 0.25) is 0 Å². The second kappa shape index (κ2) is 8.24. The number of fused-ring (bicyclic) bond motifs is 1. The van der Waals surface area contributed by atoms with Gasteiger partial charge in [-0.2, -0.15) is 13.2 Å². The number of carbonyl (C=O) groups is 2. The van der Waals surface area contributed by atoms with E-state index in [9.17, 15) is 22.8 Å². The number of nitrogens with one attached hydrogen (secondary N) is 2. The lowest BCUT2D eigenvalue weighted by Crippen LogP contribution is -2.45. The molecule has 0 saturated carbocycles. The number of ether oxygens (including phenoxy) is 1. The Morgan fingerprint density at radius 3 is 2.58 bits per heavy atom. The van der Waals surface area contributed by atoms with Crippen LogP contribution in [-0.2, 0) is 21.4 Å². The molecule has 4 rings (SSSR count). The number of rotatable bonds is 5. The van der Waals surface area contributed by atoms with E-state index in [0.717, 1.165) is 13.5 Å². The van der Waals surface area contributed by atoms with Crippen molar-refractivity contribution in [1.82, 2.24) is 15.2 Å². The summed E-state index contributed by atoms with van der Waals surface area (Å²) in [6, 6.07) is 8.74. The predicted molar refractivity (Wildman–Crippen MR) is 115 cm³/mol. The summed E-state index contributed by atoms with van der Waals surface area (Å²) < 4.78 is 46.4.